The van der Waals surface area contributed by atoms with Crippen LogP contribution in [0.15, 0.2) is 6.20 Å². The van der Waals surface area contributed by atoms with E-state index in [4.69, 9.17) is 0 Å². The molecular weight excluding hydrogens is 212 g/mol. The average Bonchev–Trinajstić information content (AvgIpc) is 2.88. The Morgan fingerprint density at radius 2 is 2.33 bits per heavy atom. The maximum atomic E-state index is 11.2. The standard InChI is InChI=1S/C10H14N2O2S/c1-14-9(13)8-6-11-10(15-8)12-7-4-2-3-5-7/h6-7H,2-5H2,1H3,(H,11,12). The first-order valence-electron chi connectivity index (χ1n) is 5.10. The number of esters is 1. The molecule has 5 heteroatoms. The zero-order chi connectivity index (χ0) is 10.7. The van der Waals surface area contributed by atoms with Crippen molar-refractivity contribution in [1.82, 2.24) is 4.98 Å². The molecule has 0 radical (unpaired) electrons. The molecule has 1 aromatic rings. The molecule has 1 aliphatic rings. The quantitative estimate of drug-likeness (QED) is 0.803. The van der Waals surface area contributed by atoms with Gasteiger partial charge in [0.05, 0.1) is 13.3 Å². The second kappa shape index (κ2) is 4.61. The van der Waals surface area contributed by atoms with Crippen LogP contribution in [-0.4, -0.2) is 24.1 Å². The molecule has 4 nitrogen and oxygen atoms in total. The van der Waals surface area contributed by atoms with Crippen LogP contribution in [0.5, 0.6) is 0 Å². The summed E-state index contributed by atoms with van der Waals surface area (Å²) in [5.74, 6) is -0.313. The number of carbonyl (C=O) groups is 1. The molecule has 0 bridgehead atoms. The van der Waals surface area contributed by atoms with Gasteiger partial charge in [0.2, 0.25) is 0 Å². The number of nitrogens with zero attached hydrogens (tertiary/aromatic N) is 1. The molecule has 0 aromatic carbocycles. The maximum absolute atomic E-state index is 11.2. The van der Waals surface area contributed by atoms with E-state index in [1.54, 1.807) is 6.20 Å². The van der Waals surface area contributed by atoms with E-state index >= 15 is 0 Å². The SMILES string of the molecule is COC(=O)c1cnc(NC2CCCC2)s1. The monoisotopic (exact) mass is 226 g/mol. The van der Waals surface area contributed by atoms with E-state index in [-0.39, 0.29) is 5.97 Å². The molecule has 0 spiro atoms. The van der Waals surface area contributed by atoms with Gasteiger partial charge in [0.25, 0.3) is 0 Å². The van der Waals surface area contributed by atoms with Gasteiger partial charge in [0.15, 0.2) is 5.13 Å². The van der Waals surface area contributed by atoms with Crippen LogP contribution in [0, 0.1) is 0 Å². The van der Waals surface area contributed by atoms with Crippen molar-refractivity contribution in [3.05, 3.63) is 11.1 Å². The lowest BCUT2D eigenvalue weighted by Crippen LogP contribution is -2.13. The summed E-state index contributed by atoms with van der Waals surface area (Å²) in [7, 11) is 1.38. The molecule has 1 N–H and O–H groups in total. The Hall–Kier alpha value is -1.10. The third-order valence-corrected chi connectivity index (χ3v) is 3.48. The zero-order valence-corrected chi connectivity index (χ0v) is 9.47. The molecule has 1 heterocycles. The van der Waals surface area contributed by atoms with E-state index in [2.05, 4.69) is 15.0 Å². The van der Waals surface area contributed by atoms with Crippen LogP contribution in [-0.2, 0) is 4.74 Å². The van der Waals surface area contributed by atoms with Gasteiger partial charge in [-0.15, -0.1) is 0 Å². The number of ether oxygens (including phenoxy) is 1. The van der Waals surface area contributed by atoms with Crippen molar-refractivity contribution in [3.63, 3.8) is 0 Å². The Morgan fingerprint density at radius 3 is 3.00 bits per heavy atom. The molecule has 0 unspecified atom stereocenters. The highest BCUT2D eigenvalue weighted by Crippen LogP contribution is 2.25. The number of methoxy groups -OCH3 is 1. The predicted molar refractivity (Wildman–Crippen MR) is 59.3 cm³/mol. The first-order valence-corrected chi connectivity index (χ1v) is 5.92. The number of hydrogen-bond acceptors (Lipinski definition) is 5. The van der Waals surface area contributed by atoms with E-state index in [0.717, 1.165) is 5.13 Å². The lowest BCUT2D eigenvalue weighted by molar-refractivity contribution is 0.0606. The normalized spacial score (nSPS) is 16.6. The highest BCUT2D eigenvalue weighted by atomic mass is 32.1. The number of hydrogen-bond donors (Lipinski definition) is 1. The molecular formula is C10H14N2O2S. The van der Waals surface area contributed by atoms with Crippen molar-refractivity contribution < 1.29 is 9.53 Å². The van der Waals surface area contributed by atoms with Crippen LogP contribution in [0.25, 0.3) is 0 Å². The lowest BCUT2D eigenvalue weighted by atomic mass is 10.3. The Labute approximate surface area is 92.7 Å². The predicted octanol–water partition coefficient (Wildman–Crippen LogP) is 2.28. The number of rotatable bonds is 3. The fraction of sp³-hybridized carbons (Fsp3) is 0.600. The van der Waals surface area contributed by atoms with Gasteiger partial charge in [-0.1, -0.05) is 24.2 Å². The molecule has 1 aromatic heterocycles. The molecule has 82 valence electrons. The first-order chi connectivity index (χ1) is 7.29. The average molecular weight is 226 g/mol. The maximum Gasteiger partial charge on any atom is 0.349 e. The highest BCUT2D eigenvalue weighted by molar-refractivity contribution is 7.17. The van der Waals surface area contributed by atoms with Crippen LogP contribution in [0.3, 0.4) is 0 Å². The molecule has 1 fully saturated rings. The van der Waals surface area contributed by atoms with E-state index in [9.17, 15) is 4.79 Å². The topological polar surface area (TPSA) is 51.2 Å². The summed E-state index contributed by atoms with van der Waals surface area (Å²) in [6.07, 6.45) is 6.54. The van der Waals surface area contributed by atoms with Crippen LogP contribution < -0.4 is 5.32 Å². The second-order valence-corrected chi connectivity index (χ2v) is 4.68. The number of aromatic nitrogens is 1. The molecule has 0 saturated heterocycles. The Kier molecular flexibility index (Phi) is 3.20. The van der Waals surface area contributed by atoms with Gasteiger partial charge in [-0.2, -0.15) is 0 Å². The third kappa shape index (κ3) is 2.47. The molecule has 2 rings (SSSR count). The minimum Gasteiger partial charge on any atom is -0.465 e. The summed E-state index contributed by atoms with van der Waals surface area (Å²) in [5.41, 5.74) is 0. The molecule has 1 aliphatic carbocycles. The van der Waals surface area contributed by atoms with Crippen molar-refractivity contribution in [2.45, 2.75) is 31.7 Å². The number of anilines is 1. The van der Waals surface area contributed by atoms with Crippen LogP contribution in [0.2, 0.25) is 0 Å². The van der Waals surface area contributed by atoms with E-state index in [0.29, 0.717) is 10.9 Å². The van der Waals surface area contributed by atoms with E-state index in [1.807, 2.05) is 0 Å². The molecule has 1 saturated carbocycles. The Bertz CT molecular complexity index is 345. The molecule has 0 amide bonds. The van der Waals surface area contributed by atoms with Gasteiger partial charge in [0.1, 0.15) is 4.88 Å². The van der Waals surface area contributed by atoms with Gasteiger partial charge in [-0.05, 0) is 12.8 Å². The van der Waals surface area contributed by atoms with Crippen molar-refractivity contribution in [2.24, 2.45) is 0 Å². The number of nitrogens with one attached hydrogen (secondary N) is 1. The fourth-order valence-corrected chi connectivity index (χ4v) is 2.59. The number of carbonyl (C=O) groups excluding carboxylic acids is 1. The number of thiazole rings is 1. The van der Waals surface area contributed by atoms with E-state index < -0.39 is 0 Å². The summed E-state index contributed by atoms with van der Waals surface area (Å²) in [6, 6.07) is 0.529. The summed E-state index contributed by atoms with van der Waals surface area (Å²) in [4.78, 5) is 15.9. The Balaban J connectivity index is 1.97. The van der Waals surface area contributed by atoms with Gasteiger partial charge in [-0.3, -0.25) is 0 Å². The lowest BCUT2D eigenvalue weighted by Gasteiger charge is -2.09. The summed E-state index contributed by atoms with van der Waals surface area (Å²) < 4.78 is 4.62. The highest BCUT2D eigenvalue weighted by Gasteiger charge is 2.17. The summed E-state index contributed by atoms with van der Waals surface area (Å²) in [5, 5.41) is 4.16. The zero-order valence-electron chi connectivity index (χ0n) is 8.66. The van der Waals surface area contributed by atoms with Crippen LogP contribution in [0.1, 0.15) is 35.4 Å². The molecule has 0 atom stereocenters. The van der Waals surface area contributed by atoms with Crippen molar-refractivity contribution in [2.75, 3.05) is 12.4 Å². The van der Waals surface area contributed by atoms with Crippen molar-refractivity contribution >= 4 is 22.4 Å². The molecule has 0 aliphatic heterocycles. The minimum atomic E-state index is -0.313. The van der Waals surface area contributed by atoms with Gasteiger partial charge in [0, 0.05) is 6.04 Å². The van der Waals surface area contributed by atoms with Gasteiger partial charge in [-0.25, -0.2) is 9.78 Å². The summed E-state index contributed by atoms with van der Waals surface area (Å²) in [6.45, 7) is 0. The fourth-order valence-electron chi connectivity index (χ4n) is 1.78. The van der Waals surface area contributed by atoms with Gasteiger partial charge >= 0.3 is 5.97 Å². The van der Waals surface area contributed by atoms with Crippen molar-refractivity contribution in [1.29, 1.82) is 0 Å². The largest absolute Gasteiger partial charge is 0.465 e. The van der Waals surface area contributed by atoms with Crippen LogP contribution in [0.4, 0.5) is 5.13 Å². The summed E-state index contributed by atoms with van der Waals surface area (Å²) >= 11 is 1.36. The smallest absolute Gasteiger partial charge is 0.349 e. The van der Waals surface area contributed by atoms with Crippen LogP contribution >= 0.6 is 11.3 Å². The first kappa shape index (κ1) is 10.4. The second-order valence-electron chi connectivity index (χ2n) is 3.65. The van der Waals surface area contributed by atoms with Crippen molar-refractivity contribution in [3.8, 4) is 0 Å². The Morgan fingerprint density at radius 1 is 1.60 bits per heavy atom. The third-order valence-electron chi connectivity index (χ3n) is 2.58. The minimum absolute atomic E-state index is 0.313. The van der Waals surface area contributed by atoms with Gasteiger partial charge < -0.3 is 10.1 Å². The van der Waals surface area contributed by atoms with E-state index in [1.165, 1.54) is 44.1 Å². The molecule has 15 heavy (non-hydrogen) atoms.